The Morgan fingerprint density at radius 2 is 1.79 bits per heavy atom. The largest absolute Gasteiger partial charge is 0.496 e. The molecule has 0 bridgehead atoms. The number of para-hydroxylation sites is 1. The molecule has 1 aliphatic heterocycles. The lowest BCUT2D eigenvalue weighted by atomic mass is 9.88. The molecule has 7 nitrogen and oxygen atoms in total. The van der Waals surface area contributed by atoms with Gasteiger partial charge in [0, 0.05) is 22.7 Å². The molecule has 0 aliphatic carbocycles. The Balaban J connectivity index is 1.68. The van der Waals surface area contributed by atoms with Gasteiger partial charge >= 0.3 is 12.1 Å². The highest BCUT2D eigenvalue weighted by Gasteiger charge is 2.35. The number of hydrogen-bond acceptors (Lipinski definition) is 5. The van der Waals surface area contributed by atoms with Crippen molar-refractivity contribution in [2.75, 3.05) is 20.3 Å². The van der Waals surface area contributed by atoms with E-state index in [9.17, 15) is 9.59 Å². The zero-order chi connectivity index (χ0) is 24.1. The van der Waals surface area contributed by atoms with Crippen LogP contribution < -0.4 is 9.47 Å². The van der Waals surface area contributed by atoms with Crippen LogP contribution in [0.4, 0.5) is 4.79 Å². The number of benzene rings is 3. The van der Waals surface area contributed by atoms with Gasteiger partial charge in [0.1, 0.15) is 18.1 Å². The molecular formula is C26H24ClNO6. The summed E-state index contributed by atoms with van der Waals surface area (Å²) in [5, 5.41) is 9.55. The summed E-state index contributed by atoms with van der Waals surface area (Å²) in [7, 11) is 1.57. The molecule has 176 valence electrons. The summed E-state index contributed by atoms with van der Waals surface area (Å²) in [4.78, 5) is 26.1. The summed E-state index contributed by atoms with van der Waals surface area (Å²) in [5.74, 6) is -0.121. The van der Waals surface area contributed by atoms with E-state index < -0.39 is 24.7 Å². The first kappa shape index (κ1) is 23.4. The highest BCUT2D eigenvalue weighted by atomic mass is 35.5. The number of amides is 1. The summed E-state index contributed by atoms with van der Waals surface area (Å²) in [6.07, 6.45) is 0.150. The first-order valence-electron chi connectivity index (χ1n) is 10.7. The number of ether oxygens (including phenoxy) is 3. The van der Waals surface area contributed by atoms with Crippen LogP contribution >= 0.6 is 11.6 Å². The number of aliphatic carboxylic acids is 1. The second-order valence-corrected chi connectivity index (χ2v) is 8.21. The molecule has 0 fully saturated rings. The van der Waals surface area contributed by atoms with Gasteiger partial charge in [-0.25, -0.2) is 9.59 Å². The van der Waals surface area contributed by atoms with Gasteiger partial charge in [-0.05, 0) is 41.8 Å². The zero-order valence-electron chi connectivity index (χ0n) is 18.6. The molecule has 34 heavy (non-hydrogen) atoms. The van der Waals surface area contributed by atoms with Crippen molar-refractivity contribution in [1.82, 2.24) is 4.90 Å². The number of rotatable bonds is 7. The Morgan fingerprint density at radius 1 is 1.03 bits per heavy atom. The average molecular weight is 482 g/mol. The predicted molar refractivity (Wildman–Crippen MR) is 126 cm³/mol. The Morgan fingerprint density at radius 3 is 2.59 bits per heavy atom. The maximum absolute atomic E-state index is 13.3. The van der Waals surface area contributed by atoms with E-state index in [1.807, 2.05) is 42.5 Å². The summed E-state index contributed by atoms with van der Waals surface area (Å²) < 4.78 is 16.6. The molecule has 0 unspecified atom stereocenters. The van der Waals surface area contributed by atoms with Crippen LogP contribution in [-0.2, 0) is 22.6 Å². The number of hydrogen-bond donors (Lipinski definition) is 1. The highest BCUT2D eigenvalue weighted by Crippen LogP contribution is 2.41. The van der Waals surface area contributed by atoms with Crippen molar-refractivity contribution in [3.05, 3.63) is 94.0 Å². The van der Waals surface area contributed by atoms with Crippen LogP contribution in [-0.4, -0.2) is 42.3 Å². The summed E-state index contributed by atoms with van der Waals surface area (Å²) in [6.45, 7) is -0.0514. The number of methoxy groups -OCH3 is 1. The molecule has 0 saturated carbocycles. The van der Waals surface area contributed by atoms with Gasteiger partial charge in [0.25, 0.3) is 0 Å². The van der Waals surface area contributed by atoms with Crippen LogP contribution in [0.5, 0.6) is 11.5 Å². The smallest absolute Gasteiger partial charge is 0.410 e. The van der Waals surface area contributed by atoms with E-state index in [4.69, 9.17) is 30.9 Å². The highest BCUT2D eigenvalue weighted by molar-refractivity contribution is 6.30. The summed E-state index contributed by atoms with van der Waals surface area (Å²) >= 11 is 6.31. The average Bonchev–Trinajstić information content (AvgIpc) is 2.85. The van der Waals surface area contributed by atoms with Crippen molar-refractivity contribution in [2.45, 2.75) is 19.1 Å². The first-order valence-corrected chi connectivity index (χ1v) is 11.1. The van der Waals surface area contributed by atoms with Gasteiger partial charge in [-0.2, -0.15) is 0 Å². The molecule has 3 aromatic rings. The first-order chi connectivity index (χ1) is 16.5. The van der Waals surface area contributed by atoms with Crippen LogP contribution in [0.2, 0.25) is 5.02 Å². The Bertz CT molecular complexity index is 1200. The minimum absolute atomic E-state index is 0.0473. The third-order valence-corrected chi connectivity index (χ3v) is 5.91. The molecule has 1 atom stereocenters. The standard InChI is InChI=1S/C26H24ClNO6/c1-32-22-9-5-3-7-18(22)15-34-26(31)28-13-12-17-6-2-4-8-20(17)25(28)21-14-19(27)10-11-23(21)33-16-24(29)30/h2-11,14,25H,12-13,15-16H2,1H3,(H,29,30)/t25-/m0/s1. The number of nitrogens with zero attached hydrogens (tertiary/aromatic N) is 1. The molecule has 3 aromatic carbocycles. The predicted octanol–water partition coefficient (Wildman–Crippen LogP) is 5.10. The molecule has 1 aliphatic rings. The van der Waals surface area contributed by atoms with Gasteiger partial charge in [-0.1, -0.05) is 54.1 Å². The van der Waals surface area contributed by atoms with E-state index in [0.29, 0.717) is 35.1 Å². The molecule has 0 radical (unpaired) electrons. The summed E-state index contributed by atoms with van der Waals surface area (Å²) in [6, 6.07) is 19.5. The fourth-order valence-corrected chi connectivity index (χ4v) is 4.33. The van der Waals surface area contributed by atoms with Gasteiger partial charge in [-0.15, -0.1) is 0 Å². The van der Waals surface area contributed by atoms with Crippen LogP contribution in [0.25, 0.3) is 0 Å². The Labute approximate surface area is 202 Å². The Hall–Kier alpha value is -3.71. The second-order valence-electron chi connectivity index (χ2n) is 7.78. The fourth-order valence-electron chi connectivity index (χ4n) is 4.15. The summed E-state index contributed by atoms with van der Waals surface area (Å²) in [5.41, 5.74) is 3.34. The lowest BCUT2D eigenvalue weighted by molar-refractivity contribution is -0.139. The molecular weight excluding hydrogens is 458 g/mol. The van der Waals surface area contributed by atoms with Gasteiger partial charge in [0.05, 0.1) is 13.2 Å². The van der Waals surface area contributed by atoms with Crippen molar-refractivity contribution in [2.24, 2.45) is 0 Å². The minimum Gasteiger partial charge on any atom is -0.496 e. The number of halogens is 1. The molecule has 1 amide bonds. The van der Waals surface area contributed by atoms with Crippen molar-refractivity contribution < 1.29 is 28.9 Å². The van der Waals surface area contributed by atoms with E-state index in [-0.39, 0.29) is 6.61 Å². The zero-order valence-corrected chi connectivity index (χ0v) is 19.3. The maximum atomic E-state index is 13.3. The topological polar surface area (TPSA) is 85.3 Å². The van der Waals surface area contributed by atoms with Gasteiger partial charge in [0.15, 0.2) is 6.61 Å². The molecule has 8 heteroatoms. The quantitative estimate of drug-likeness (QED) is 0.505. The van der Waals surface area contributed by atoms with Gasteiger partial charge in [-0.3, -0.25) is 4.90 Å². The monoisotopic (exact) mass is 481 g/mol. The van der Waals surface area contributed by atoms with Gasteiger partial charge < -0.3 is 19.3 Å². The van der Waals surface area contributed by atoms with Crippen molar-refractivity contribution >= 4 is 23.7 Å². The van der Waals surface area contributed by atoms with E-state index in [0.717, 1.165) is 16.7 Å². The van der Waals surface area contributed by atoms with Gasteiger partial charge in [0.2, 0.25) is 0 Å². The number of carbonyl (C=O) groups is 2. The maximum Gasteiger partial charge on any atom is 0.410 e. The molecule has 0 saturated heterocycles. The molecule has 0 aromatic heterocycles. The Kier molecular flexibility index (Phi) is 7.23. The lowest BCUT2D eigenvalue weighted by Crippen LogP contribution is -2.41. The fraction of sp³-hybridized carbons (Fsp3) is 0.231. The van der Waals surface area contributed by atoms with Crippen molar-refractivity contribution in [3.8, 4) is 11.5 Å². The van der Waals surface area contributed by atoms with E-state index >= 15 is 0 Å². The number of fused-ring (bicyclic) bond motifs is 1. The number of carboxylic acids is 1. The van der Waals surface area contributed by atoms with Crippen LogP contribution in [0.3, 0.4) is 0 Å². The van der Waals surface area contributed by atoms with Crippen molar-refractivity contribution in [1.29, 1.82) is 0 Å². The van der Waals surface area contributed by atoms with Crippen molar-refractivity contribution in [3.63, 3.8) is 0 Å². The third kappa shape index (κ3) is 5.10. The molecule has 4 rings (SSSR count). The van der Waals surface area contributed by atoms with Crippen LogP contribution in [0.15, 0.2) is 66.7 Å². The number of carbonyl (C=O) groups excluding carboxylic acids is 1. The lowest BCUT2D eigenvalue weighted by Gasteiger charge is -2.37. The number of carboxylic acid groups (broad SMARTS) is 1. The SMILES string of the molecule is COc1ccccc1COC(=O)N1CCc2ccccc2[C@H]1c1cc(Cl)ccc1OCC(=O)O. The van der Waals surface area contributed by atoms with Crippen LogP contribution in [0.1, 0.15) is 28.3 Å². The van der Waals surface area contributed by atoms with E-state index in [1.54, 1.807) is 36.3 Å². The van der Waals surface area contributed by atoms with Crippen LogP contribution in [0, 0.1) is 0 Å². The third-order valence-electron chi connectivity index (χ3n) is 5.68. The molecule has 1 heterocycles. The minimum atomic E-state index is -1.10. The van der Waals surface area contributed by atoms with E-state index in [1.165, 1.54) is 0 Å². The normalized spacial score (nSPS) is 14.8. The molecule has 1 N–H and O–H groups in total. The van der Waals surface area contributed by atoms with E-state index in [2.05, 4.69) is 0 Å². The molecule has 0 spiro atoms. The second kappa shape index (κ2) is 10.5.